The molecule has 1 aliphatic carbocycles. The molecule has 86 valence electrons. The Hall–Kier alpha value is -0.893. The Morgan fingerprint density at radius 1 is 1.19 bits per heavy atom. The molecule has 0 amide bonds. The van der Waals surface area contributed by atoms with E-state index in [0.29, 0.717) is 11.3 Å². The highest BCUT2D eigenvalue weighted by atomic mass is 28.3. The first kappa shape index (κ1) is 11.6. The van der Waals surface area contributed by atoms with Crippen molar-refractivity contribution in [3.05, 3.63) is 30.3 Å². The van der Waals surface area contributed by atoms with E-state index in [9.17, 15) is 4.79 Å². The fourth-order valence-corrected chi connectivity index (χ4v) is 5.93. The van der Waals surface area contributed by atoms with Crippen LogP contribution in [0.3, 0.4) is 0 Å². The molecule has 1 aliphatic rings. The number of rotatable bonds is 2. The van der Waals surface area contributed by atoms with Crippen LogP contribution in [0.5, 0.6) is 0 Å². The third kappa shape index (κ3) is 2.27. The zero-order valence-electron chi connectivity index (χ0n) is 10.2. The minimum atomic E-state index is -1.44. The Bertz CT molecular complexity index is 370. The van der Waals surface area contributed by atoms with Gasteiger partial charge in [0, 0.05) is 12.8 Å². The van der Waals surface area contributed by atoms with Gasteiger partial charge in [-0.2, -0.15) is 0 Å². The molecule has 1 atom stereocenters. The summed E-state index contributed by atoms with van der Waals surface area (Å²) in [6.45, 7) is 4.82. The second kappa shape index (κ2) is 4.54. The summed E-state index contributed by atoms with van der Waals surface area (Å²) in [5, 5.41) is 1.50. The lowest BCUT2D eigenvalue weighted by atomic mass is 9.99. The average Bonchev–Trinajstić information content (AvgIpc) is 2.30. The van der Waals surface area contributed by atoms with E-state index in [1.54, 1.807) is 0 Å². The number of benzene rings is 1. The summed E-state index contributed by atoms with van der Waals surface area (Å²) >= 11 is 0. The van der Waals surface area contributed by atoms with Gasteiger partial charge in [-0.05, 0) is 12.0 Å². The van der Waals surface area contributed by atoms with Crippen LogP contribution in [0.2, 0.25) is 18.6 Å². The molecule has 0 heterocycles. The van der Waals surface area contributed by atoms with Crippen LogP contribution in [0.15, 0.2) is 30.3 Å². The fourth-order valence-electron chi connectivity index (χ4n) is 2.74. The highest BCUT2D eigenvalue weighted by Crippen LogP contribution is 2.35. The number of ketones is 1. The molecule has 1 aromatic rings. The number of Topliss-reactive ketones (excluding diaryl/α,β-unsaturated/α-hetero) is 1. The van der Waals surface area contributed by atoms with Crippen molar-refractivity contribution in [3.8, 4) is 0 Å². The molecule has 0 saturated heterocycles. The van der Waals surface area contributed by atoms with E-state index in [4.69, 9.17) is 0 Å². The van der Waals surface area contributed by atoms with Gasteiger partial charge < -0.3 is 0 Å². The van der Waals surface area contributed by atoms with Crippen molar-refractivity contribution < 1.29 is 4.79 Å². The Balaban J connectivity index is 2.21. The normalized spacial score (nSPS) is 22.1. The van der Waals surface area contributed by atoms with Gasteiger partial charge in [0.1, 0.15) is 5.78 Å². The predicted octanol–water partition coefficient (Wildman–Crippen LogP) is 3.12. The molecule has 1 fully saturated rings. The van der Waals surface area contributed by atoms with Crippen molar-refractivity contribution in [2.75, 3.05) is 0 Å². The van der Waals surface area contributed by atoms with E-state index in [1.165, 1.54) is 11.6 Å². The summed E-state index contributed by atoms with van der Waals surface area (Å²) in [4.78, 5) is 11.6. The molecule has 0 spiro atoms. The van der Waals surface area contributed by atoms with E-state index >= 15 is 0 Å². The van der Waals surface area contributed by atoms with E-state index in [2.05, 4.69) is 43.4 Å². The summed E-state index contributed by atoms with van der Waals surface area (Å²) in [5.74, 6) is 0.479. The molecule has 0 radical (unpaired) electrons. The maximum absolute atomic E-state index is 11.6. The zero-order chi connectivity index (χ0) is 11.6. The largest absolute Gasteiger partial charge is 0.300 e. The molecule has 2 heteroatoms. The second-order valence-corrected chi connectivity index (χ2v) is 10.3. The Morgan fingerprint density at radius 2 is 1.88 bits per heavy atom. The van der Waals surface area contributed by atoms with E-state index in [1.807, 2.05) is 0 Å². The van der Waals surface area contributed by atoms with Gasteiger partial charge in [0.15, 0.2) is 0 Å². The predicted molar refractivity (Wildman–Crippen MR) is 70.8 cm³/mol. The Morgan fingerprint density at radius 3 is 2.50 bits per heavy atom. The van der Waals surface area contributed by atoms with Crippen molar-refractivity contribution >= 4 is 19.0 Å². The summed E-state index contributed by atoms with van der Waals surface area (Å²) in [6, 6.07) is 10.8. The minimum Gasteiger partial charge on any atom is -0.300 e. The highest BCUT2D eigenvalue weighted by Gasteiger charge is 2.36. The Labute approximate surface area is 98.9 Å². The molecule has 1 nitrogen and oxygen atoms in total. The second-order valence-electron chi connectivity index (χ2n) is 5.42. The van der Waals surface area contributed by atoms with E-state index < -0.39 is 8.07 Å². The summed E-state index contributed by atoms with van der Waals surface area (Å²) in [7, 11) is -1.44. The van der Waals surface area contributed by atoms with Gasteiger partial charge in [-0.1, -0.05) is 55.0 Å². The van der Waals surface area contributed by atoms with Gasteiger partial charge in [-0.25, -0.2) is 0 Å². The zero-order valence-corrected chi connectivity index (χ0v) is 11.2. The maximum atomic E-state index is 11.6. The van der Waals surface area contributed by atoms with Crippen molar-refractivity contribution in [2.24, 2.45) is 0 Å². The number of hydrogen-bond donors (Lipinski definition) is 0. The quantitative estimate of drug-likeness (QED) is 0.716. The Kier molecular flexibility index (Phi) is 3.29. The third-order valence-corrected chi connectivity index (χ3v) is 8.38. The number of carbonyl (C=O) groups is 1. The molecular weight excluding hydrogens is 212 g/mol. The van der Waals surface area contributed by atoms with Gasteiger partial charge in [-0.3, -0.25) is 4.79 Å². The maximum Gasteiger partial charge on any atom is 0.132 e. The van der Waals surface area contributed by atoms with Crippen molar-refractivity contribution in [2.45, 2.75) is 44.3 Å². The highest BCUT2D eigenvalue weighted by molar-refractivity contribution is 6.91. The van der Waals surface area contributed by atoms with Gasteiger partial charge in [0.05, 0.1) is 8.07 Å². The van der Waals surface area contributed by atoms with Crippen molar-refractivity contribution in [1.29, 1.82) is 0 Å². The van der Waals surface area contributed by atoms with Gasteiger partial charge in [0.25, 0.3) is 0 Å². The standard InChI is InChI=1S/C14H20OSi/c1-16(2,13-8-4-3-5-9-13)14-10-6-7-12(15)11-14/h3-5,8-9,14H,6-7,10-11H2,1-2H3/t14-/m1/s1. The van der Waals surface area contributed by atoms with Gasteiger partial charge in [0.2, 0.25) is 0 Å². The molecule has 0 bridgehead atoms. The first-order valence-corrected chi connectivity index (χ1v) is 9.25. The van der Waals surface area contributed by atoms with E-state index in [-0.39, 0.29) is 0 Å². The first-order valence-electron chi connectivity index (χ1n) is 6.18. The van der Waals surface area contributed by atoms with Crippen LogP contribution in [-0.4, -0.2) is 13.9 Å². The molecule has 2 rings (SSSR count). The molecule has 0 N–H and O–H groups in total. The van der Waals surface area contributed by atoms with Crippen LogP contribution in [0.4, 0.5) is 0 Å². The fraction of sp³-hybridized carbons (Fsp3) is 0.500. The van der Waals surface area contributed by atoms with E-state index in [0.717, 1.165) is 19.3 Å². The lowest BCUT2D eigenvalue weighted by Gasteiger charge is -2.35. The molecule has 0 unspecified atom stereocenters. The smallest absolute Gasteiger partial charge is 0.132 e. The molecule has 1 aromatic carbocycles. The van der Waals surface area contributed by atoms with Gasteiger partial charge >= 0.3 is 0 Å². The van der Waals surface area contributed by atoms with Crippen LogP contribution in [0, 0.1) is 0 Å². The SMILES string of the molecule is C[Si](C)(c1ccccc1)[C@@H]1CCCC(=O)C1. The number of hydrogen-bond acceptors (Lipinski definition) is 1. The summed E-state index contributed by atoms with van der Waals surface area (Å²) in [6.07, 6.45) is 4.00. The van der Waals surface area contributed by atoms with Crippen LogP contribution in [0.1, 0.15) is 25.7 Å². The monoisotopic (exact) mass is 232 g/mol. The van der Waals surface area contributed by atoms with Crippen LogP contribution >= 0.6 is 0 Å². The van der Waals surface area contributed by atoms with Crippen LogP contribution in [0.25, 0.3) is 0 Å². The average molecular weight is 232 g/mol. The minimum absolute atomic E-state index is 0.479. The first-order chi connectivity index (χ1) is 7.60. The lowest BCUT2D eigenvalue weighted by molar-refractivity contribution is -0.120. The van der Waals surface area contributed by atoms with Crippen LogP contribution in [-0.2, 0) is 4.79 Å². The van der Waals surface area contributed by atoms with Crippen molar-refractivity contribution in [3.63, 3.8) is 0 Å². The van der Waals surface area contributed by atoms with Crippen molar-refractivity contribution in [1.82, 2.24) is 0 Å². The molecule has 1 saturated carbocycles. The van der Waals surface area contributed by atoms with Crippen LogP contribution < -0.4 is 5.19 Å². The number of carbonyl (C=O) groups excluding carboxylic acids is 1. The molecule has 0 aliphatic heterocycles. The lowest BCUT2D eigenvalue weighted by Crippen LogP contribution is -2.47. The molecule has 0 aromatic heterocycles. The summed E-state index contributed by atoms with van der Waals surface area (Å²) < 4.78 is 0. The molecular formula is C14H20OSi. The third-order valence-electron chi connectivity index (χ3n) is 4.02. The van der Waals surface area contributed by atoms with Gasteiger partial charge in [-0.15, -0.1) is 0 Å². The molecule has 16 heavy (non-hydrogen) atoms. The topological polar surface area (TPSA) is 17.1 Å². The summed E-state index contributed by atoms with van der Waals surface area (Å²) in [5.41, 5.74) is 0.649.